The number of nitro groups is 1. The van der Waals surface area contributed by atoms with Gasteiger partial charge in [0.25, 0.3) is 15.7 Å². The quantitative estimate of drug-likeness (QED) is 0.325. The number of hydrazone groups is 1. The van der Waals surface area contributed by atoms with Crippen molar-refractivity contribution in [3.8, 4) is 0 Å². The highest BCUT2D eigenvalue weighted by atomic mass is 79.9. The number of halogens is 1. The summed E-state index contributed by atoms with van der Waals surface area (Å²) in [5.41, 5.74) is 2.32. The molecule has 9 heteroatoms. The van der Waals surface area contributed by atoms with Crippen LogP contribution in [-0.4, -0.2) is 19.1 Å². The molecule has 3 aromatic carbocycles. The minimum absolute atomic E-state index is 0.0852. The van der Waals surface area contributed by atoms with E-state index in [0.717, 1.165) is 5.56 Å². The minimum Gasteiger partial charge on any atom is -0.258 e. The van der Waals surface area contributed by atoms with E-state index in [1.165, 1.54) is 30.3 Å². The Morgan fingerprint density at radius 3 is 2.28 bits per heavy atom. The molecule has 0 atom stereocenters. The van der Waals surface area contributed by atoms with Gasteiger partial charge in [-0.3, -0.25) is 10.1 Å². The van der Waals surface area contributed by atoms with Crippen LogP contribution in [-0.2, 0) is 10.0 Å². The zero-order valence-corrected chi connectivity index (χ0v) is 17.6. The Bertz CT molecular complexity index is 1180. The molecule has 0 saturated carbocycles. The first-order valence-electron chi connectivity index (χ1n) is 8.44. The summed E-state index contributed by atoms with van der Waals surface area (Å²) in [6.07, 6.45) is 0. The number of hydrogen-bond donors (Lipinski definition) is 1. The van der Waals surface area contributed by atoms with Gasteiger partial charge in [-0.25, -0.2) is 0 Å². The second-order valence-corrected chi connectivity index (χ2v) is 8.67. The average molecular weight is 474 g/mol. The summed E-state index contributed by atoms with van der Waals surface area (Å²) >= 11 is 3.32. The van der Waals surface area contributed by atoms with E-state index in [0.29, 0.717) is 21.3 Å². The fourth-order valence-electron chi connectivity index (χ4n) is 2.56. The number of nitrogens with zero attached hydrogens (tertiary/aromatic N) is 2. The number of sulfonamides is 1. The summed E-state index contributed by atoms with van der Waals surface area (Å²) in [5.74, 6) is 0. The Hall–Kier alpha value is -3.04. The monoisotopic (exact) mass is 473 g/mol. The molecule has 0 aliphatic carbocycles. The van der Waals surface area contributed by atoms with Crippen LogP contribution < -0.4 is 4.83 Å². The van der Waals surface area contributed by atoms with Crippen LogP contribution in [0.15, 0.2) is 87.3 Å². The molecule has 0 aliphatic rings. The van der Waals surface area contributed by atoms with Gasteiger partial charge < -0.3 is 0 Å². The first-order chi connectivity index (χ1) is 13.8. The van der Waals surface area contributed by atoms with Gasteiger partial charge >= 0.3 is 0 Å². The van der Waals surface area contributed by atoms with Gasteiger partial charge in [0.2, 0.25) is 0 Å². The lowest BCUT2D eigenvalue weighted by Crippen LogP contribution is -2.21. The van der Waals surface area contributed by atoms with Crippen molar-refractivity contribution in [2.45, 2.75) is 11.8 Å². The first kappa shape index (κ1) is 20.7. The molecule has 0 fully saturated rings. The Kier molecular flexibility index (Phi) is 6.09. The molecular formula is C20H16BrN3O4S. The van der Waals surface area contributed by atoms with Crippen molar-refractivity contribution >= 4 is 37.4 Å². The zero-order chi connectivity index (χ0) is 21.0. The molecule has 0 amide bonds. The number of aryl methyl sites for hydroxylation is 1. The van der Waals surface area contributed by atoms with Crippen molar-refractivity contribution in [1.82, 2.24) is 4.83 Å². The third-order valence-corrected chi connectivity index (χ3v) is 5.96. The van der Waals surface area contributed by atoms with E-state index in [1.807, 2.05) is 13.0 Å². The van der Waals surface area contributed by atoms with Gasteiger partial charge in [0.1, 0.15) is 0 Å². The second kappa shape index (κ2) is 8.54. The predicted molar refractivity (Wildman–Crippen MR) is 114 cm³/mol. The molecule has 0 unspecified atom stereocenters. The summed E-state index contributed by atoms with van der Waals surface area (Å²) in [7, 11) is -3.88. The smallest absolute Gasteiger partial charge is 0.258 e. The van der Waals surface area contributed by atoms with Crippen LogP contribution in [0.1, 0.15) is 16.7 Å². The summed E-state index contributed by atoms with van der Waals surface area (Å²) in [5, 5.41) is 15.2. The largest absolute Gasteiger partial charge is 0.276 e. The summed E-state index contributed by atoms with van der Waals surface area (Å²) in [6.45, 7) is 1.86. The molecule has 7 nitrogen and oxygen atoms in total. The Labute approximate surface area is 176 Å². The summed E-state index contributed by atoms with van der Waals surface area (Å²) in [4.78, 5) is 12.8. The molecule has 0 spiro atoms. The summed E-state index contributed by atoms with van der Waals surface area (Å²) in [6, 6.07) is 19.5. The summed E-state index contributed by atoms with van der Waals surface area (Å²) < 4.78 is 25.7. The predicted octanol–water partition coefficient (Wildman–Crippen LogP) is 4.40. The maximum atomic E-state index is 12.6. The van der Waals surface area contributed by atoms with E-state index >= 15 is 0 Å². The second-order valence-electron chi connectivity index (χ2n) is 6.16. The van der Waals surface area contributed by atoms with Crippen LogP contribution >= 0.6 is 15.9 Å². The first-order valence-corrected chi connectivity index (χ1v) is 10.7. The highest BCUT2D eigenvalue weighted by Gasteiger charge is 2.17. The fraction of sp³-hybridized carbons (Fsp3) is 0.0500. The lowest BCUT2D eigenvalue weighted by Gasteiger charge is -2.11. The van der Waals surface area contributed by atoms with Gasteiger partial charge in [-0.2, -0.15) is 18.4 Å². The number of hydrogen-bond acceptors (Lipinski definition) is 5. The van der Waals surface area contributed by atoms with Gasteiger partial charge in [-0.1, -0.05) is 48.0 Å². The fourth-order valence-corrected chi connectivity index (χ4v) is 3.93. The Morgan fingerprint density at radius 2 is 1.69 bits per heavy atom. The topological polar surface area (TPSA) is 102 Å². The molecule has 29 heavy (non-hydrogen) atoms. The molecule has 0 radical (unpaired) electrons. The number of non-ortho nitro benzene ring substituents is 1. The van der Waals surface area contributed by atoms with Crippen molar-refractivity contribution < 1.29 is 13.3 Å². The van der Waals surface area contributed by atoms with Crippen LogP contribution in [0.5, 0.6) is 0 Å². The lowest BCUT2D eigenvalue weighted by atomic mass is 10.0. The normalized spacial score (nSPS) is 11.9. The van der Waals surface area contributed by atoms with Crippen molar-refractivity contribution in [1.29, 1.82) is 0 Å². The number of nitrogens with one attached hydrogen (secondary N) is 1. The lowest BCUT2D eigenvalue weighted by molar-refractivity contribution is -0.384. The van der Waals surface area contributed by atoms with E-state index in [9.17, 15) is 18.5 Å². The third-order valence-electron chi connectivity index (χ3n) is 4.07. The Balaban J connectivity index is 2.05. The van der Waals surface area contributed by atoms with Gasteiger partial charge in [-0.05, 0) is 41.1 Å². The van der Waals surface area contributed by atoms with E-state index in [1.54, 1.807) is 36.4 Å². The third kappa shape index (κ3) is 4.87. The van der Waals surface area contributed by atoms with E-state index in [2.05, 4.69) is 25.9 Å². The van der Waals surface area contributed by atoms with Crippen LogP contribution in [0.4, 0.5) is 5.69 Å². The van der Waals surface area contributed by atoms with Gasteiger partial charge in [0.15, 0.2) is 0 Å². The molecule has 0 heterocycles. The zero-order valence-electron chi connectivity index (χ0n) is 15.2. The van der Waals surface area contributed by atoms with Crippen molar-refractivity contribution in [2.75, 3.05) is 0 Å². The molecule has 3 rings (SSSR count). The molecule has 1 N–H and O–H groups in total. The van der Waals surface area contributed by atoms with Crippen LogP contribution in [0.2, 0.25) is 0 Å². The molecular weight excluding hydrogens is 458 g/mol. The van der Waals surface area contributed by atoms with Crippen molar-refractivity contribution in [3.63, 3.8) is 0 Å². The molecule has 148 valence electrons. The average Bonchev–Trinajstić information content (AvgIpc) is 2.70. The van der Waals surface area contributed by atoms with Crippen LogP contribution in [0.3, 0.4) is 0 Å². The maximum Gasteiger partial charge on any atom is 0.276 e. The molecule has 0 aromatic heterocycles. The van der Waals surface area contributed by atoms with E-state index < -0.39 is 14.9 Å². The standard InChI is InChI=1S/C20H16BrN3O4S/c1-14-7-10-17(11-8-14)29(27,28)23-22-20(15-5-3-2-4-6-15)18-12-9-16(24(25)26)13-19(18)21/h2-13,23H,1H3/b22-20+. The van der Waals surface area contributed by atoms with E-state index in [-0.39, 0.29) is 10.6 Å². The molecule has 0 bridgehead atoms. The number of rotatable bonds is 6. The maximum absolute atomic E-state index is 12.6. The number of benzene rings is 3. The van der Waals surface area contributed by atoms with Crippen LogP contribution in [0, 0.1) is 17.0 Å². The highest BCUT2D eigenvalue weighted by Crippen LogP contribution is 2.26. The van der Waals surface area contributed by atoms with Gasteiger partial charge in [0.05, 0.1) is 15.5 Å². The van der Waals surface area contributed by atoms with E-state index in [4.69, 9.17) is 0 Å². The van der Waals surface area contributed by atoms with Gasteiger partial charge in [0, 0.05) is 27.7 Å². The van der Waals surface area contributed by atoms with Crippen LogP contribution in [0.25, 0.3) is 0 Å². The van der Waals surface area contributed by atoms with Gasteiger partial charge in [-0.15, -0.1) is 0 Å². The number of nitro benzene ring substituents is 1. The van der Waals surface area contributed by atoms with Crippen molar-refractivity contribution in [2.24, 2.45) is 5.10 Å². The highest BCUT2D eigenvalue weighted by molar-refractivity contribution is 9.10. The molecule has 0 saturated heterocycles. The van der Waals surface area contributed by atoms with Crippen molar-refractivity contribution in [3.05, 3.63) is 104 Å². The molecule has 0 aliphatic heterocycles. The molecule has 3 aromatic rings. The Morgan fingerprint density at radius 1 is 1.03 bits per heavy atom. The SMILES string of the molecule is Cc1ccc(S(=O)(=O)N/N=C(\c2ccccc2)c2ccc([N+](=O)[O-])cc2Br)cc1. The minimum atomic E-state index is -3.88.